The highest BCUT2D eigenvalue weighted by molar-refractivity contribution is 5.80. The fourth-order valence-corrected chi connectivity index (χ4v) is 2.06. The van der Waals surface area contributed by atoms with E-state index in [0.29, 0.717) is 6.61 Å². The van der Waals surface area contributed by atoms with E-state index in [4.69, 9.17) is 4.74 Å². The van der Waals surface area contributed by atoms with Crippen LogP contribution in [0.25, 0.3) is 10.9 Å². The SMILES string of the molecule is O=C1NC(Cn2ccc3ccccc32)CO1. The van der Waals surface area contributed by atoms with Gasteiger partial charge < -0.3 is 14.6 Å². The van der Waals surface area contributed by atoms with Crippen molar-refractivity contribution in [3.63, 3.8) is 0 Å². The third-order valence-electron chi connectivity index (χ3n) is 2.83. The van der Waals surface area contributed by atoms with Gasteiger partial charge in [0.2, 0.25) is 0 Å². The van der Waals surface area contributed by atoms with Gasteiger partial charge in [0.25, 0.3) is 0 Å². The van der Waals surface area contributed by atoms with Crippen molar-refractivity contribution >= 4 is 17.0 Å². The second kappa shape index (κ2) is 3.56. The molecular weight excluding hydrogens is 204 g/mol. The molecule has 4 nitrogen and oxygen atoms in total. The Morgan fingerprint density at radius 2 is 2.25 bits per heavy atom. The van der Waals surface area contributed by atoms with Gasteiger partial charge >= 0.3 is 6.09 Å². The number of benzene rings is 1. The molecule has 2 aromatic rings. The largest absolute Gasteiger partial charge is 0.447 e. The van der Waals surface area contributed by atoms with Crippen molar-refractivity contribution in [2.75, 3.05) is 6.61 Å². The first-order valence-corrected chi connectivity index (χ1v) is 5.30. The van der Waals surface area contributed by atoms with Gasteiger partial charge in [0.15, 0.2) is 0 Å². The zero-order valence-electron chi connectivity index (χ0n) is 8.72. The lowest BCUT2D eigenvalue weighted by molar-refractivity contribution is 0.176. The number of alkyl carbamates (subject to hydrolysis) is 1. The minimum atomic E-state index is -0.318. The number of carbonyl (C=O) groups excluding carboxylic acids is 1. The van der Waals surface area contributed by atoms with E-state index in [0.717, 1.165) is 6.54 Å². The summed E-state index contributed by atoms with van der Waals surface area (Å²) in [5.74, 6) is 0. The molecule has 1 fully saturated rings. The number of nitrogens with zero attached hydrogens (tertiary/aromatic N) is 1. The molecule has 0 bridgehead atoms. The molecule has 1 aliphatic heterocycles. The smallest absolute Gasteiger partial charge is 0.407 e. The monoisotopic (exact) mass is 216 g/mol. The summed E-state index contributed by atoms with van der Waals surface area (Å²) in [4.78, 5) is 10.9. The lowest BCUT2D eigenvalue weighted by Crippen LogP contribution is -2.30. The number of amides is 1. The van der Waals surface area contributed by atoms with E-state index in [1.807, 2.05) is 18.3 Å². The maximum Gasteiger partial charge on any atom is 0.407 e. The molecule has 1 aromatic carbocycles. The van der Waals surface area contributed by atoms with E-state index in [2.05, 4.69) is 28.1 Å². The van der Waals surface area contributed by atoms with Crippen LogP contribution >= 0.6 is 0 Å². The van der Waals surface area contributed by atoms with Gasteiger partial charge in [-0.05, 0) is 17.5 Å². The van der Waals surface area contributed by atoms with Crippen molar-refractivity contribution in [3.8, 4) is 0 Å². The quantitative estimate of drug-likeness (QED) is 0.831. The number of para-hydroxylation sites is 1. The second-order valence-electron chi connectivity index (χ2n) is 3.97. The summed E-state index contributed by atoms with van der Waals surface area (Å²) in [5.41, 5.74) is 1.18. The van der Waals surface area contributed by atoms with Crippen molar-refractivity contribution in [1.82, 2.24) is 9.88 Å². The van der Waals surface area contributed by atoms with E-state index in [1.165, 1.54) is 10.9 Å². The van der Waals surface area contributed by atoms with Gasteiger partial charge in [-0.25, -0.2) is 4.79 Å². The number of cyclic esters (lactones) is 1. The zero-order chi connectivity index (χ0) is 11.0. The molecule has 1 N–H and O–H groups in total. The summed E-state index contributed by atoms with van der Waals surface area (Å²) in [6.07, 6.45) is 1.72. The van der Waals surface area contributed by atoms with Crippen LogP contribution in [0.1, 0.15) is 0 Å². The van der Waals surface area contributed by atoms with Crippen LogP contribution in [-0.4, -0.2) is 23.3 Å². The van der Waals surface area contributed by atoms with Gasteiger partial charge in [-0.1, -0.05) is 18.2 Å². The number of aromatic nitrogens is 1. The maximum absolute atomic E-state index is 10.9. The fraction of sp³-hybridized carbons (Fsp3) is 0.250. The van der Waals surface area contributed by atoms with E-state index >= 15 is 0 Å². The van der Waals surface area contributed by atoms with Gasteiger partial charge in [-0.3, -0.25) is 0 Å². The lowest BCUT2D eigenvalue weighted by Gasteiger charge is -2.09. The van der Waals surface area contributed by atoms with Crippen molar-refractivity contribution < 1.29 is 9.53 Å². The van der Waals surface area contributed by atoms with Crippen LogP contribution in [0.15, 0.2) is 36.5 Å². The van der Waals surface area contributed by atoms with Gasteiger partial charge in [0.1, 0.15) is 6.61 Å². The summed E-state index contributed by atoms with van der Waals surface area (Å²) < 4.78 is 7.00. The minimum Gasteiger partial charge on any atom is -0.447 e. The van der Waals surface area contributed by atoms with Gasteiger partial charge in [-0.2, -0.15) is 0 Å². The predicted molar refractivity (Wildman–Crippen MR) is 60.2 cm³/mol. The number of carbonyl (C=O) groups is 1. The zero-order valence-corrected chi connectivity index (χ0v) is 8.72. The Morgan fingerprint density at radius 3 is 3.06 bits per heavy atom. The first-order chi connectivity index (χ1) is 7.83. The van der Waals surface area contributed by atoms with Gasteiger partial charge in [0.05, 0.1) is 6.04 Å². The van der Waals surface area contributed by atoms with Gasteiger partial charge in [-0.15, -0.1) is 0 Å². The molecule has 4 heteroatoms. The number of rotatable bonds is 2. The van der Waals surface area contributed by atoms with E-state index in [1.54, 1.807) is 0 Å². The van der Waals surface area contributed by atoms with Crippen molar-refractivity contribution in [2.45, 2.75) is 12.6 Å². The molecule has 1 aliphatic rings. The van der Waals surface area contributed by atoms with Crippen LogP contribution in [0.3, 0.4) is 0 Å². The molecule has 16 heavy (non-hydrogen) atoms. The molecule has 0 saturated carbocycles. The summed E-state index contributed by atoms with van der Waals surface area (Å²) >= 11 is 0. The predicted octanol–water partition coefficient (Wildman–Crippen LogP) is 1.75. The molecule has 1 unspecified atom stereocenters. The summed E-state index contributed by atoms with van der Waals surface area (Å²) in [5, 5.41) is 3.99. The number of ether oxygens (including phenoxy) is 1. The Hall–Kier alpha value is -1.97. The van der Waals surface area contributed by atoms with Crippen molar-refractivity contribution in [3.05, 3.63) is 36.5 Å². The molecule has 1 saturated heterocycles. The second-order valence-corrected chi connectivity index (χ2v) is 3.97. The van der Waals surface area contributed by atoms with Crippen LogP contribution in [-0.2, 0) is 11.3 Å². The van der Waals surface area contributed by atoms with Crippen LogP contribution in [0.4, 0.5) is 4.79 Å². The lowest BCUT2D eigenvalue weighted by atomic mass is 10.2. The molecule has 82 valence electrons. The Balaban J connectivity index is 1.86. The first-order valence-electron chi connectivity index (χ1n) is 5.30. The fourth-order valence-electron chi connectivity index (χ4n) is 2.06. The number of nitrogens with one attached hydrogen (secondary N) is 1. The Morgan fingerprint density at radius 1 is 1.38 bits per heavy atom. The molecular formula is C12H12N2O2. The highest BCUT2D eigenvalue weighted by Crippen LogP contribution is 2.16. The molecule has 1 amide bonds. The summed E-state index contributed by atoms with van der Waals surface area (Å²) in [7, 11) is 0. The third-order valence-corrected chi connectivity index (χ3v) is 2.83. The Bertz CT molecular complexity index is 533. The van der Waals surface area contributed by atoms with Gasteiger partial charge in [0, 0.05) is 18.3 Å². The maximum atomic E-state index is 10.9. The number of fused-ring (bicyclic) bond motifs is 1. The molecule has 0 aliphatic carbocycles. The average Bonchev–Trinajstić information content (AvgIpc) is 2.87. The van der Waals surface area contributed by atoms with E-state index in [9.17, 15) is 4.79 Å². The summed E-state index contributed by atoms with van der Waals surface area (Å²) in [6, 6.07) is 10.3. The Labute approximate surface area is 92.8 Å². The van der Waals surface area contributed by atoms with Crippen LogP contribution < -0.4 is 5.32 Å². The minimum absolute atomic E-state index is 0.0725. The third kappa shape index (κ3) is 1.52. The van der Waals surface area contributed by atoms with Crippen LogP contribution in [0.5, 0.6) is 0 Å². The van der Waals surface area contributed by atoms with Crippen molar-refractivity contribution in [1.29, 1.82) is 0 Å². The number of hydrogen-bond donors (Lipinski definition) is 1. The van der Waals surface area contributed by atoms with E-state index in [-0.39, 0.29) is 12.1 Å². The highest BCUT2D eigenvalue weighted by atomic mass is 16.6. The molecule has 1 atom stereocenters. The normalized spacial score (nSPS) is 19.8. The molecule has 3 rings (SSSR count). The molecule has 0 spiro atoms. The van der Waals surface area contributed by atoms with E-state index < -0.39 is 0 Å². The first kappa shape index (κ1) is 9.27. The highest BCUT2D eigenvalue weighted by Gasteiger charge is 2.22. The average molecular weight is 216 g/mol. The summed E-state index contributed by atoms with van der Waals surface area (Å²) in [6.45, 7) is 1.20. The standard InChI is InChI=1S/C12H12N2O2/c15-12-13-10(8-16-12)7-14-6-5-9-3-1-2-4-11(9)14/h1-6,10H,7-8H2,(H,13,15). The Kier molecular flexibility index (Phi) is 2.06. The van der Waals surface area contributed by atoms with Crippen LogP contribution in [0, 0.1) is 0 Å². The molecule has 2 heterocycles. The van der Waals surface area contributed by atoms with Crippen LogP contribution in [0.2, 0.25) is 0 Å². The number of hydrogen-bond acceptors (Lipinski definition) is 2. The van der Waals surface area contributed by atoms with Crippen molar-refractivity contribution in [2.24, 2.45) is 0 Å². The topological polar surface area (TPSA) is 43.3 Å². The molecule has 1 aromatic heterocycles. The molecule has 0 radical (unpaired) electrons.